The lowest BCUT2D eigenvalue weighted by Crippen LogP contribution is -2.14. The van der Waals surface area contributed by atoms with Crippen LogP contribution in [0.15, 0.2) is 60.9 Å². The molecule has 5 nitrogen and oxygen atoms in total. The van der Waals surface area contributed by atoms with Crippen LogP contribution in [0.25, 0.3) is 0 Å². The molecule has 0 unspecified atom stereocenters. The minimum Gasteiger partial charge on any atom is -0.473 e. The van der Waals surface area contributed by atoms with Crippen LogP contribution in [0.5, 0.6) is 5.88 Å². The third-order valence-corrected chi connectivity index (χ3v) is 3.79. The number of nitrogens with zero attached hydrogens (tertiary/aromatic N) is 2. The molecule has 0 radical (unpaired) electrons. The molecule has 0 saturated heterocycles. The van der Waals surface area contributed by atoms with E-state index in [0.29, 0.717) is 23.2 Å². The van der Waals surface area contributed by atoms with Crippen molar-refractivity contribution in [3.63, 3.8) is 0 Å². The van der Waals surface area contributed by atoms with Gasteiger partial charge in [0, 0.05) is 6.07 Å². The lowest BCUT2D eigenvalue weighted by molar-refractivity contribution is 0.102. The third-order valence-electron chi connectivity index (χ3n) is 3.48. The summed E-state index contributed by atoms with van der Waals surface area (Å²) in [6.45, 7) is 2.29. The summed E-state index contributed by atoms with van der Waals surface area (Å²) in [5.74, 6) is -0.0447. The van der Waals surface area contributed by atoms with Crippen LogP contribution in [0.1, 0.15) is 21.6 Å². The molecule has 0 aliphatic carbocycles. The quantitative estimate of drug-likeness (QED) is 0.744. The topological polar surface area (TPSA) is 64.1 Å². The molecular weight excluding hydrogens is 338 g/mol. The molecule has 2 aromatic carbocycles. The summed E-state index contributed by atoms with van der Waals surface area (Å²) in [5, 5.41) is 3.21. The van der Waals surface area contributed by atoms with Gasteiger partial charge in [0.2, 0.25) is 5.88 Å². The molecule has 1 heterocycles. The average Bonchev–Trinajstić information content (AvgIpc) is 2.63. The van der Waals surface area contributed by atoms with Gasteiger partial charge in [-0.3, -0.25) is 4.79 Å². The Balaban J connectivity index is 1.69. The van der Waals surface area contributed by atoms with E-state index in [0.717, 1.165) is 11.1 Å². The molecule has 1 amide bonds. The Morgan fingerprint density at radius 1 is 1.12 bits per heavy atom. The van der Waals surface area contributed by atoms with E-state index in [2.05, 4.69) is 15.3 Å². The predicted octanol–water partition coefficient (Wildman–Crippen LogP) is 4.27. The van der Waals surface area contributed by atoms with E-state index < -0.39 is 0 Å². The second-order valence-electron chi connectivity index (χ2n) is 5.45. The highest BCUT2D eigenvalue weighted by Crippen LogP contribution is 2.23. The van der Waals surface area contributed by atoms with Gasteiger partial charge in [-0.15, -0.1) is 0 Å². The number of anilines is 1. The van der Waals surface area contributed by atoms with Crippen molar-refractivity contribution in [2.45, 2.75) is 13.5 Å². The molecule has 3 rings (SSSR count). The van der Waals surface area contributed by atoms with Crippen LogP contribution in [0.2, 0.25) is 5.02 Å². The molecule has 0 fully saturated rings. The van der Waals surface area contributed by atoms with E-state index in [-0.39, 0.29) is 11.6 Å². The van der Waals surface area contributed by atoms with E-state index >= 15 is 0 Å². The lowest BCUT2D eigenvalue weighted by Gasteiger charge is -2.09. The molecule has 0 spiro atoms. The number of hydrogen-bond acceptors (Lipinski definition) is 4. The summed E-state index contributed by atoms with van der Waals surface area (Å²) < 4.78 is 5.62. The fraction of sp³-hybridized carbons (Fsp3) is 0.105. The molecule has 0 bridgehead atoms. The van der Waals surface area contributed by atoms with Crippen LogP contribution in [0, 0.1) is 6.92 Å². The molecule has 6 heteroatoms. The maximum Gasteiger partial charge on any atom is 0.274 e. The summed E-state index contributed by atoms with van der Waals surface area (Å²) in [4.78, 5) is 20.4. The van der Waals surface area contributed by atoms with Gasteiger partial charge >= 0.3 is 0 Å². The van der Waals surface area contributed by atoms with Gasteiger partial charge in [-0.1, -0.05) is 48.0 Å². The molecule has 0 aliphatic rings. The van der Waals surface area contributed by atoms with E-state index in [4.69, 9.17) is 16.3 Å². The van der Waals surface area contributed by atoms with E-state index in [9.17, 15) is 4.79 Å². The van der Waals surface area contributed by atoms with Crippen molar-refractivity contribution in [3.8, 4) is 5.88 Å². The van der Waals surface area contributed by atoms with Crippen molar-refractivity contribution in [2.75, 3.05) is 5.32 Å². The third kappa shape index (κ3) is 4.55. The SMILES string of the molecule is Cc1ccc(NC(=O)c2cc(OCc3ccccc3)ncn2)c(Cl)c1. The Morgan fingerprint density at radius 2 is 1.92 bits per heavy atom. The van der Waals surface area contributed by atoms with Gasteiger partial charge in [-0.25, -0.2) is 9.97 Å². The number of aromatic nitrogens is 2. The van der Waals surface area contributed by atoms with Gasteiger partial charge in [0.1, 0.15) is 18.6 Å². The Bertz CT molecular complexity index is 885. The first-order valence-corrected chi connectivity index (χ1v) is 8.06. The first kappa shape index (κ1) is 16.9. The Labute approximate surface area is 150 Å². The molecule has 0 aliphatic heterocycles. The van der Waals surface area contributed by atoms with Gasteiger partial charge in [-0.2, -0.15) is 0 Å². The maximum atomic E-state index is 12.4. The standard InChI is InChI=1S/C19H16ClN3O2/c1-13-7-8-16(15(20)9-13)23-19(24)17-10-18(22-12-21-17)25-11-14-5-3-2-4-6-14/h2-10,12H,11H2,1H3,(H,23,24). The largest absolute Gasteiger partial charge is 0.473 e. The first-order valence-electron chi connectivity index (χ1n) is 7.68. The number of amides is 1. The Morgan fingerprint density at radius 3 is 2.68 bits per heavy atom. The maximum absolute atomic E-state index is 12.4. The Kier molecular flexibility index (Phi) is 5.26. The number of aryl methyl sites for hydroxylation is 1. The van der Waals surface area contributed by atoms with Crippen molar-refractivity contribution in [1.29, 1.82) is 0 Å². The number of carbonyl (C=O) groups is 1. The van der Waals surface area contributed by atoms with E-state index in [1.165, 1.54) is 12.4 Å². The van der Waals surface area contributed by atoms with E-state index in [1.54, 1.807) is 12.1 Å². The number of carbonyl (C=O) groups excluding carboxylic acids is 1. The minimum absolute atomic E-state index is 0.203. The van der Waals surface area contributed by atoms with Crippen molar-refractivity contribution in [2.24, 2.45) is 0 Å². The zero-order valence-electron chi connectivity index (χ0n) is 13.6. The van der Waals surface area contributed by atoms with Gasteiger partial charge in [0.25, 0.3) is 5.91 Å². The highest BCUT2D eigenvalue weighted by molar-refractivity contribution is 6.34. The normalized spacial score (nSPS) is 10.3. The molecule has 0 saturated carbocycles. The number of hydrogen-bond donors (Lipinski definition) is 1. The average molecular weight is 354 g/mol. The van der Waals surface area contributed by atoms with Crippen LogP contribution in [0.3, 0.4) is 0 Å². The van der Waals surface area contributed by atoms with Crippen LogP contribution >= 0.6 is 11.6 Å². The van der Waals surface area contributed by atoms with Crippen molar-refractivity contribution < 1.29 is 9.53 Å². The summed E-state index contributed by atoms with van der Waals surface area (Å²) >= 11 is 6.14. The summed E-state index contributed by atoms with van der Waals surface area (Å²) in [5.41, 5.74) is 2.76. The Hall–Kier alpha value is -2.92. The van der Waals surface area contributed by atoms with Crippen molar-refractivity contribution in [3.05, 3.63) is 82.8 Å². The number of ether oxygens (including phenoxy) is 1. The summed E-state index contributed by atoms with van der Waals surface area (Å²) in [6, 6.07) is 16.6. The molecule has 25 heavy (non-hydrogen) atoms. The molecule has 126 valence electrons. The number of rotatable bonds is 5. The smallest absolute Gasteiger partial charge is 0.274 e. The second kappa shape index (κ2) is 7.77. The predicted molar refractivity (Wildman–Crippen MR) is 96.9 cm³/mol. The van der Waals surface area contributed by atoms with Crippen molar-refractivity contribution in [1.82, 2.24) is 9.97 Å². The molecular formula is C19H16ClN3O2. The van der Waals surface area contributed by atoms with Crippen molar-refractivity contribution >= 4 is 23.2 Å². The highest BCUT2D eigenvalue weighted by atomic mass is 35.5. The van der Waals surface area contributed by atoms with Gasteiger partial charge in [0.15, 0.2) is 0 Å². The van der Waals surface area contributed by atoms with E-state index in [1.807, 2.05) is 43.3 Å². The monoisotopic (exact) mass is 353 g/mol. The van der Waals surface area contributed by atoms with Crippen LogP contribution in [-0.2, 0) is 6.61 Å². The van der Waals surface area contributed by atoms with Gasteiger partial charge in [0.05, 0.1) is 10.7 Å². The molecule has 1 N–H and O–H groups in total. The summed E-state index contributed by atoms with van der Waals surface area (Å²) in [7, 11) is 0. The second-order valence-corrected chi connectivity index (χ2v) is 5.86. The first-order chi connectivity index (χ1) is 12.1. The fourth-order valence-corrected chi connectivity index (χ4v) is 2.46. The van der Waals surface area contributed by atoms with Gasteiger partial charge < -0.3 is 10.1 Å². The molecule has 1 aromatic heterocycles. The number of halogens is 1. The fourth-order valence-electron chi connectivity index (χ4n) is 2.18. The van der Waals surface area contributed by atoms with Crippen LogP contribution in [-0.4, -0.2) is 15.9 Å². The van der Waals surface area contributed by atoms with Crippen LogP contribution in [0.4, 0.5) is 5.69 Å². The van der Waals surface area contributed by atoms with Gasteiger partial charge in [-0.05, 0) is 30.2 Å². The zero-order valence-corrected chi connectivity index (χ0v) is 14.3. The number of benzene rings is 2. The summed E-state index contributed by atoms with van der Waals surface area (Å²) in [6.07, 6.45) is 1.30. The van der Waals surface area contributed by atoms with Crippen LogP contribution < -0.4 is 10.1 Å². The minimum atomic E-state index is -0.377. The highest BCUT2D eigenvalue weighted by Gasteiger charge is 2.12. The zero-order chi connectivity index (χ0) is 17.6. The molecule has 0 atom stereocenters. The number of nitrogens with one attached hydrogen (secondary N) is 1. The molecule has 3 aromatic rings. The lowest BCUT2D eigenvalue weighted by atomic mass is 10.2.